The molecule has 1 aromatic heterocycles. The van der Waals surface area contributed by atoms with Crippen LogP contribution in [-0.4, -0.2) is 25.8 Å². The Morgan fingerprint density at radius 1 is 1.50 bits per heavy atom. The van der Waals surface area contributed by atoms with Crippen molar-refractivity contribution in [3.05, 3.63) is 17.3 Å². The third-order valence-electron chi connectivity index (χ3n) is 1.92. The molecule has 0 saturated heterocycles. The van der Waals surface area contributed by atoms with E-state index in [4.69, 9.17) is 16.3 Å². The smallest absolute Gasteiger partial charge is 0.231 e. The Kier molecular flexibility index (Phi) is 2.94. The van der Waals surface area contributed by atoms with Crippen molar-refractivity contribution < 1.29 is 13.2 Å². The second-order valence-electron chi connectivity index (χ2n) is 3.67. The van der Waals surface area contributed by atoms with Crippen molar-refractivity contribution in [2.45, 2.75) is 18.9 Å². The predicted octanol–water partition coefficient (Wildman–Crippen LogP) is 1.65. The Hall–Kier alpha value is -1.01. The van der Waals surface area contributed by atoms with E-state index in [2.05, 4.69) is 9.71 Å². The number of rotatable bonds is 4. The van der Waals surface area contributed by atoms with E-state index in [0.29, 0.717) is 5.75 Å². The normalized spacial score (nSPS) is 15.9. The fourth-order valence-electron chi connectivity index (χ4n) is 1.13. The van der Waals surface area contributed by atoms with Gasteiger partial charge in [0.25, 0.3) is 0 Å². The molecular formula is C9H11ClN2O3S. The molecule has 1 saturated carbocycles. The topological polar surface area (TPSA) is 68.3 Å². The maximum Gasteiger partial charge on any atom is 0.231 e. The average molecular weight is 263 g/mol. The van der Waals surface area contributed by atoms with Gasteiger partial charge >= 0.3 is 0 Å². The van der Waals surface area contributed by atoms with Crippen molar-refractivity contribution in [3.8, 4) is 5.75 Å². The number of ether oxygens (including phenoxy) is 1. The first-order valence-electron chi connectivity index (χ1n) is 4.75. The molecule has 1 heterocycles. The number of anilines is 1. The number of aromatic nitrogens is 1. The van der Waals surface area contributed by atoms with Crippen LogP contribution < -0.4 is 9.46 Å². The van der Waals surface area contributed by atoms with Crippen molar-refractivity contribution in [3.63, 3.8) is 0 Å². The minimum atomic E-state index is -3.38. The molecule has 0 unspecified atom stereocenters. The molecule has 1 aliphatic carbocycles. The zero-order valence-corrected chi connectivity index (χ0v) is 10.2. The summed E-state index contributed by atoms with van der Waals surface area (Å²) in [4.78, 5) is 3.89. The first kappa shape index (κ1) is 11.5. The summed E-state index contributed by atoms with van der Waals surface area (Å²) in [6, 6.07) is 3.17. The van der Waals surface area contributed by atoms with E-state index in [0.717, 1.165) is 19.1 Å². The van der Waals surface area contributed by atoms with Crippen molar-refractivity contribution >= 4 is 27.4 Å². The second kappa shape index (κ2) is 4.10. The summed E-state index contributed by atoms with van der Waals surface area (Å²) in [5.41, 5.74) is 0. The number of nitrogens with zero attached hydrogens (tertiary/aromatic N) is 1. The second-order valence-corrected chi connectivity index (χ2v) is 5.81. The van der Waals surface area contributed by atoms with Gasteiger partial charge in [-0.15, -0.1) is 0 Å². The van der Waals surface area contributed by atoms with E-state index in [1.54, 1.807) is 12.1 Å². The summed E-state index contributed by atoms with van der Waals surface area (Å²) in [6.07, 6.45) is 3.20. The summed E-state index contributed by atoms with van der Waals surface area (Å²) in [6.45, 7) is 0. The van der Waals surface area contributed by atoms with Gasteiger partial charge in [-0.3, -0.25) is 4.72 Å². The van der Waals surface area contributed by atoms with E-state index in [1.807, 2.05) is 0 Å². The molecule has 16 heavy (non-hydrogen) atoms. The van der Waals surface area contributed by atoms with Crippen LogP contribution in [0.4, 0.5) is 5.82 Å². The maximum atomic E-state index is 11.1. The highest BCUT2D eigenvalue weighted by atomic mass is 35.5. The van der Waals surface area contributed by atoms with Gasteiger partial charge in [0, 0.05) is 0 Å². The number of nitrogens with one attached hydrogen (secondary N) is 1. The first-order valence-corrected chi connectivity index (χ1v) is 7.02. The molecule has 5 nitrogen and oxygen atoms in total. The van der Waals surface area contributed by atoms with Gasteiger partial charge in [-0.2, -0.15) is 0 Å². The van der Waals surface area contributed by atoms with Crippen molar-refractivity contribution in [1.29, 1.82) is 0 Å². The molecule has 1 fully saturated rings. The summed E-state index contributed by atoms with van der Waals surface area (Å²) in [5.74, 6) is 0.555. The van der Waals surface area contributed by atoms with Gasteiger partial charge in [0.15, 0.2) is 11.6 Å². The molecule has 0 aromatic carbocycles. The lowest BCUT2D eigenvalue weighted by Gasteiger charge is -2.10. The molecule has 0 aliphatic heterocycles. The van der Waals surface area contributed by atoms with Crippen LogP contribution in [0, 0.1) is 0 Å². The van der Waals surface area contributed by atoms with E-state index >= 15 is 0 Å². The van der Waals surface area contributed by atoms with E-state index in [1.165, 1.54) is 0 Å². The van der Waals surface area contributed by atoms with Gasteiger partial charge in [-0.1, -0.05) is 11.6 Å². The van der Waals surface area contributed by atoms with Gasteiger partial charge in [0.2, 0.25) is 10.0 Å². The largest absolute Gasteiger partial charge is 0.487 e. The summed E-state index contributed by atoms with van der Waals surface area (Å²) in [7, 11) is -3.38. The highest BCUT2D eigenvalue weighted by Gasteiger charge is 2.25. The van der Waals surface area contributed by atoms with E-state index in [9.17, 15) is 8.42 Å². The number of hydrogen-bond acceptors (Lipinski definition) is 4. The van der Waals surface area contributed by atoms with E-state index < -0.39 is 10.0 Å². The quantitative estimate of drug-likeness (QED) is 0.838. The van der Waals surface area contributed by atoms with Gasteiger partial charge in [0.1, 0.15) is 5.15 Å². The molecule has 0 atom stereocenters. The fraction of sp³-hybridized carbons (Fsp3) is 0.444. The Morgan fingerprint density at radius 3 is 2.75 bits per heavy atom. The van der Waals surface area contributed by atoms with Crippen molar-refractivity contribution in [2.75, 3.05) is 11.0 Å². The summed E-state index contributed by atoms with van der Waals surface area (Å²) < 4.78 is 30.0. The van der Waals surface area contributed by atoms with Crippen LogP contribution in [0.2, 0.25) is 5.15 Å². The van der Waals surface area contributed by atoms with Gasteiger partial charge < -0.3 is 4.74 Å². The minimum Gasteiger partial charge on any atom is -0.487 e. The minimum absolute atomic E-state index is 0.141. The lowest BCUT2D eigenvalue weighted by atomic mass is 10.4. The summed E-state index contributed by atoms with van der Waals surface area (Å²) in [5, 5.41) is 0.217. The van der Waals surface area contributed by atoms with Crippen LogP contribution in [0.15, 0.2) is 12.1 Å². The van der Waals surface area contributed by atoms with Gasteiger partial charge in [-0.05, 0) is 25.0 Å². The number of halogens is 1. The third kappa shape index (κ3) is 3.24. The number of sulfonamides is 1. The maximum absolute atomic E-state index is 11.1. The highest BCUT2D eigenvalue weighted by Crippen LogP contribution is 2.32. The molecule has 0 radical (unpaired) electrons. The van der Waals surface area contributed by atoms with Gasteiger partial charge in [-0.25, -0.2) is 13.4 Å². The zero-order chi connectivity index (χ0) is 11.8. The lowest BCUT2D eigenvalue weighted by Crippen LogP contribution is -2.12. The van der Waals surface area contributed by atoms with Crippen molar-refractivity contribution in [1.82, 2.24) is 4.98 Å². The molecule has 0 spiro atoms. The fourth-order valence-corrected chi connectivity index (χ4v) is 1.78. The van der Waals surface area contributed by atoms with Gasteiger partial charge in [0.05, 0.1) is 12.4 Å². The molecule has 1 aliphatic rings. The van der Waals surface area contributed by atoms with Crippen LogP contribution in [0.25, 0.3) is 0 Å². The molecule has 2 rings (SSSR count). The Labute approximate surface area is 98.8 Å². The monoisotopic (exact) mass is 262 g/mol. The van der Waals surface area contributed by atoms with E-state index in [-0.39, 0.29) is 17.1 Å². The average Bonchev–Trinajstić information content (AvgIpc) is 2.91. The first-order chi connectivity index (χ1) is 7.44. The zero-order valence-electron chi connectivity index (χ0n) is 8.60. The van der Waals surface area contributed by atoms with Crippen LogP contribution in [0.1, 0.15) is 12.8 Å². The van der Waals surface area contributed by atoms with Crippen molar-refractivity contribution in [2.24, 2.45) is 0 Å². The molecule has 0 bridgehead atoms. The number of pyridine rings is 1. The molecule has 88 valence electrons. The molecule has 1 N–H and O–H groups in total. The summed E-state index contributed by atoms with van der Waals surface area (Å²) >= 11 is 5.70. The Bertz CT molecular complexity index is 499. The SMILES string of the molecule is CS(=O)(=O)Nc1nc(Cl)ccc1OC1CC1. The Morgan fingerprint density at radius 2 is 2.19 bits per heavy atom. The Balaban J connectivity index is 2.27. The molecule has 0 amide bonds. The van der Waals surface area contributed by atoms with Crippen LogP contribution >= 0.6 is 11.6 Å². The van der Waals surface area contributed by atoms with Crippen LogP contribution in [-0.2, 0) is 10.0 Å². The predicted molar refractivity (Wildman–Crippen MR) is 61.4 cm³/mol. The molecule has 7 heteroatoms. The number of hydrogen-bond donors (Lipinski definition) is 1. The standard InChI is InChI=1S/C9H11ClN2O3S/c1-16(13,14)12-9-7(15-6-2-3-6)4-5-8(10)11-9/h4-6H,2-3H2,1H3,(H,11,12). The highest BCUT2D eigenvalue weighted by molar-refractivity contribution is 7.92. The third-order valence-corrected chi connectivity index (χ3v) is 2.70. The lowest BCUT2D eigenvalue weighted by molar-refractivity contribution is 0.304. The van der Waals surface area contributed by atoms with Crippen LogP contribution in [0.3, 0.4) is 0 Å². The van der Waals surface area contributed by atoms with Crippen LogP contribution in [0.5, 0.6) is 5.75 Å². The molecular weight excluding hydrogens is 252 g/mol. The molecule has 1 aromatic rings.